The number of carbonyl (C=O) groups is 3. The molecule has 0 radical (unpaired) electrons. The highest BCUT2D eigenvalue weighted by Crippen LogP contribution is 2.23. The molecule has 0 aliphatic rings. The number of rotatable bonds is 41. The summed E-state index contributed by atoms with van der Waals surface area (Å²) in [6.07, 6.45) is 39.8. The number of amides is 1. The van der Waals surface area contributed by atoms with Gasteiger partial charge in [0, 0.05) is 39.0 Å². The molecule has 0 aliphatic carbocycles. The largest absolute Gasteiger partial charge is 0.462 e. The molecule has 0 atom stereocenters. The van der Waals surface area contributed by atoms with Crippen molar-refractivity contribution in [3.8, 4) is 0 Å². The van der Waals surface area contributed by atoms with E-state index in [-0.39, 0.29) is 38.1 Å². The summed E-state index contributed by atoms with van der Waals surface area (Å²) in [6.45, 7) is 8.82. The Morgan fingerprint density at radius 1 is 0.545 bits per heavy atom. The number of aliphatic hydroxyl groups excluding tert-OH is 1. The summed E-state index contributed by atoms with van der Waals surface area (Å²) in [5.74, 6) is -0.174. The zero-order valence-corrected chi connectivity index (χ0v) is 36.5. The molecule has 0 aromatic heterocycles. The van der Waals surface area contributed by atoms with Crippen molar-refractivity contribution in [3.05, 3.63) is 24.3 Å². The van der Waals surface area contributed by atoms with Crippen LogP contribution in [0.1, 0.15) is 201 Å². The lowest BCUT2D eigenvalue weighted by Gasteiger charge is -2.25. The number of ether oxygens (including phenoxy) is 2. The summed E-state index contributed by atoms with van der Waals surface area (Å²) >= 11 is 0. The van der Waals surface area contributed by atoms with E-state index in [2.05, 4.69) is 45.1 Å². The smallest absolute Gasteiger partial charge is 0.307 e. The Morgan fingerprint density at radius 2 is 1.04 bits per heavy atom. The molecule has 0 unspecified atom stereocenters. The molecule has 0 aromatic rings. The van der Waals surface area contributed by atoms with E-state index < -0.39 is 5.97 Å². The van der Waals surface area contributed by atoms with Crippen molar-refractivity contribution in [1.82, 2.24) is 9.80 Å². The van der Waals surface area contributed by atoms with Crippen molar-refractivity contribution in [2.45, 2.75) is 201 Å². The first-order valence-electron chi connectivity index (χ1n) is 23.1. The van der Waals surface area contributed by atoms with Crippen LogP contribution >= 0.6 is 0 Å². The molecule has 0 saturated heterocycles. The van der Waals surface area contributed by atoms with Crippen LogP contribution in [0, 0.1) is 5.92 Å². The summed E-state index contributed by atoms with van der Waals surface area (Å²) < 4.78 is 10.9. The number of carbonyl (C=O) groups excluding carboxylic acids is 3. The van der Waals surface area contributed by atoms with Gasteiger partial charge < -0.3 is 24.4 Å². The van der Waals surface area contributed by atoms with Crippen molar-refractivity contribution in [1.29, 1.82) is 0 Å². The van der Waals surface area contributed by atoms with Gasteiger partial charge in [-0.2, -0.15) is 0 Å². The fourth-order valence-corrected chi connectivity index (χ4v) is 6.86. The molecule has 8 nitrogen and oxygen atoms in total. The predicted molar refractivity (Wildman–Crippen MR) is 231 cm³/mol. The Labute approximate surface area is 339 Å². The van der Waals surface area contributed by atoms with E-state index in [0.717, 1.165) is 44.9 Å². The molecule has 0 spiro atoms. The number of likely N-dealkylation sites (N-methyl/N-ethyl adjacent to an activating group) is 1. The molecule has 8 heteroatoms. The lowest BCUT2D eigenvalue weighted by atomic mass is 9.91. The summed E-state index contributed by atoms with van der Waals surface area (Å²) in [6, 6.07) is 0. The Bertz CT molecular complexity index is 922. The molecule has 0 aromatic carbocycles. The maximum atomic E-state index is 13.2. The third-order valence-corrected chi connectivity index (χ3v) is 10.5. The van der Waals surface area contributed by atoms with Crippen molar-refractivity contribution in [2.75, 3.05) is 53.0 Å². The Kier molecular flexibility index (Phi) is 39.8. The Balaban J connectivity index is 4.51. The first-order chi connectivity index (χ1) is 26.9. The summed E-state index contributed by atoms with van der Waals surface area (Å²) in [7, 11) is 1.92. The Morgan fingerprint density at radius 3 is 1.62 bits per heavy atom. The second-order valence-corrected chi connectivity index (χ2v) is 15.8. The Hall–Kier alpha value is -2.19. The number of hydrogen-bond acceptors (Lipinski definition) is 7. The predicted octanol–water partition coefficient (Wildman–Crippen LogP) is 11.5. The van der Waals surface area contributed by atoms with Crippen molar-refractivity contribution in [2.24, 2.45) is 5.92 Å². The van der Waals surface area contributed by atoms with Crippen LogP contribution in [0.4, 0.5) is 0 Å². The van der Waals surface area contributed by atoms with Crippen LogP contribution in [-0.4, -0.2) is 85.8 Å². The van der Waals surface area contributed by atoms with Gasteiger partial charge in [0.25, 0.3) is 0 Å². The van der Waals surface area contributed by atoms with E-state index in [1.807, 2.05) is 11.9 Å². The van der Waals surface area contributed by atoms with Gasteiger partial charge in [0.05, 0.1) is 13.0 Å². The second-order valence-electron chi connectivity index (χ2n) is 15.8. The van der Waals surface area contributed by atoms with Crippen molar-refractivity contribution < 1.29 is 29.0 Å². The third-order valence-electron chi connectivity index (χ3n) is 10.5. The van der Waals surface area contributed by atoms with Gasteiger partial charge in [-0.25, -0.2) is 0 Å². The number of aliphatic hydroxyl groups is 1. The van der Waals surface area contributed by atoms with E-state index >= 15 is 0 Å². The van der Waals surface area contributed by atoms with Crippen molar-refractivity contribution >= 4 is 17.8 Å². The van der Waals surface area contributed by atoms with Gasteiger partial charge in [-0.15, -0.1) is 0 Å². The van der Waals surface area contributed by atoms with Gasteiger partial charge in [-0.05, 0) is 64.3 Å². The minimum atomic E-state index is -0.390. The molecule has 1 N–H and O–H groups in total. The highest BCUT2D eigenvalue weighted by Gasteiger charge is 2.18. The molecule has 0 bridgehead atoms. The number of nitrogens with zero attached hydrogens (tertiary/aromatic N) is 2. The quantitative estimate of drug-likeness (QED) is 0.0375. The van der Waals surface area contributed by atoms with Gasteiger partial charge in [0.15, 0.2) is 0 Å². The van der Waals surface area contributed by atoms with Gasteiger partial charge >= 0.3 is 11.9 Å². The van der Waals surface area contributed by atoms with E-state index in [1.54, 1.807) is 4.90 Å². The zero-order valence-electron chi connectivity index (χ0n) is 36.5. The van der Waals surface area contributed by atoms with E-state index in [1.165, 1.54) is 116 Å². The highest BCUT2D eigenvalue weighted by molar-refractivity contribution is 5.77. The fraction of sp³-hybridized carbons (Fsp3) is 0.851. The number of unbranched alkanes of at least 4 members (excludes halogenated alkanes) is 18. The zero-order chi connectivity index (χ0) is 40.5. The van der Waals surface area contributed by atoms with Crippen LogP contribution in [-0.2, 0) is 23.9 Å². The molecule has 0 heterocycles. The van der Waals surface area contributed by atoms with Gasteiger partial charge in [0.2, 0.25) is 5.91 Å². The average molecular weight is 777 g/mol. The van der Waals surface area contributed by atoms with E-state index in [0.29, 0.717) is 44.9 Å². The van der Waals surface area contributed by atoms with E-state index in [4.69, 9.17) is 9.47 Å². The molecule has 55 heavy (non-hydrogen) atoms. The standard InChI is InChI=1S/C47H88N2O6/c1-5-8-11-14-17-18-19-20-21-22-23-24-25-28-31-34-45(51)49(38-37-48(4)39-40-50)36-35-46(52)54-41-42-55-47(53)43-44(32-29-26-15-12-9-6-2)33-30-27-16-13-10-7-3/h17-18,20-21,44,50H,5-16,19,22-43H2,1-4H3/b18-17-,21-20-. The first-order valence-corrected chi connectivity index (χ1v) is 23.1. The number of hydrogen-bond donors (Lipinski definition) is 1. The fourth-order valence-electron chi connectivity index (χ4n) is 6.86. The van der Waals surface area contributed by atoms with Crippen LogP contribution < -0.4 is 0 Å². The molecule has 0 rings (SSSR count). The highest BCUT2D eigenvalue weighted by atomic mass is 16.6. The van der Waals surface area contributed by atoms with Crippen LogP contribution in [0.25, 0.3) is 0 Å². The molecular formula is C47H88N2O6. The minimum absolute atomic E-state index is 0.0310. The summed E-state index contributed by atoms with van der Waals surface area (Å²) in [5.41, 5.74) is 0. The number of esters is 2. The van der Waals surface area contributed by atoms with Crippen LogP contribution in [0.5, 0.6) is 0 Å². The van der Waals surface area contributed by atoms with Gasteiger partial charge in [-0.3, -0.25) is 14.4 Å². The molecule has 1 amide bonds. The van der Waals surface area contributed by atoms with Gasteiger partial charge in [-0.1, -0.05) is 154 Å². The maximum Gasteiger partial charge on any atom is 0.307 e. The summed E-state index contributed by atoms with van der Waals surface area (Å²) in [5, 5.41) is 9.28. The van der Waals surface area contributed by atoms with Crippen LogP contribution in [0.3, 0.4) is 0 Å². The first kappa shape index (κ1) is 52.8. The molecule has 322 valence electrons. The molecule has 0 aliphatic heterocycles. The van der Waals surface area contributed by atoms with Crippen LogP contribution in [0.2, 0.25) is 0 Å². The monoisotopic (exact) mass is 777 g/mol. The van der Waals surface area contributed by atoms with Crippen LogP contribution in [0.15, 0.2) is 24.3 Å². The van der Waals surface area contributed by atoms with E-state index in [9.17, 15) is 19.5 Å². The lowest BCUT2D eigenvalue weighted by molar-refractivity contribution is -0.153. The second kappa shape index (κ2) is 41.4. The molecule has 0 fully saturated rings. The van der Waals surface area contributed by atoms with Gasteiger partial charge in [0.1, 0.15) is 13.2 Å². The SMILES string of the molecule is CCCCC/C=C\C/C=C\CCCCCCCC(=O)N(CCC(=O)OCCOC(=O)CC(CCCCCCCC)CCCCCCCC)CCN(C)CCO. The topological polar surface area (TPSA) is 96.4 Å². The van der Waals surface area contributed by atoms with Crippen molar-refractivity contribution in [3.63, 3.8) is 0 Å². The lowest BCUT2D eigenvalue weighted by Crippen LogP contribution is -2.39. The maximum absolute atomic E-state index is 13.2. The molecule has 0 saturated carbocycles. The normalized spacial score (nSPS) is 11.8. The third kappa shape index (κ3) is 37.2. The minimum Gasteiger partial charge on any atom is -0.462 e. The number of allylic oxidation sites excluding steroid dienone is 4. The average Bonchev–Trinajstić information content (AvgIpc) is 3.17. The molecular weight excluding hydrogens is 689 g/mol. The summed E-state index contributed by atoms with van der Waals surface area (Å²) in [4.78, 5) is 42.2.